The largest absolute Gasteiger partial charge is 0.374 e. The lowest BCUT2D eigenvalue weighted by atomic mass is 9.85. The Morgan fingerprint density at radius 1 is 1.40 bits per heavy atom. The van der Waals surface area contributed by atoms with E-state index in [0.29, 0.717) is 12.6 Å². The fourth-order valence-corrected chi connectivity index (χ4v) is 3.85. The van der Waals surface area contributed by atoms with Gasteiger partial charge in [-0.15, -0.1) is 0 Å². The predicted octanol–water partition coefficient (Wildman–Crippen LogP) is 0.354. The summed E-state index contributed by atoms with van der Waals surface area (Å²) in [5, 5.41) is 6.60. The van der Waals surface area contributed by atoms with Gasteiger partial charge in [-0.3, -0.25) is 4.79 Å². The van der Waals surface area contributed by atoms with Crippen molar-refractivity contribution in [1.29, 1.82) is 0 Å². The first-order valence-electron chi connectivity index (χ1n) is 8.06. The maximum Gasteiger partial charge on any atom is 0.237 e. The number of amides is 1. The van der Waals surface area contributed by atoms with E-state index >= 15 is 0 Å². The van der Waals surface area contributed by atoms with Crippen LogP contribution in [0.5, 0.6) is 0 Å². The van der Waals surface area contributed by atoms with E-state index in [1.54, 1.807) is 0 Å². The average molecular weight is 281 g/mol. The molecular formula is C15H27N3O2. The molecule has 2 heterocycles. The van der Waals surface area contributed by atoms with Gasteiger partial charge in [0.1, 0.15) is 0 Å². The van der Waals surface area contributed by atoms with Crippen molar-refractivity contribution >= 4 is 5.91 Å². The summed E-state index contributed by atoms with van der Waals surface area (Å²) in [5.74, 6) is 0.882. The molecule has 2 saturated heterocycles. The van der Waals surface area contributed by atoms with Gasteiger partial charge in [-0.25, -0.2) is 0 Å². The summed E-state index contributed by atoms with van der Waals surface area (Å²) in [7, 11) is 2.10. The number of nitrogens with zero attached hydrogens (tertiary/aromatic N) is 1. The Balaban J connectivity index is 1.43. The molecular weight excluding hydrogens is 254 g/mol. The lowest BCUT2D eigenvalue weighted by Crippen LogP contribution is -2.49. The predicted molar refractivity (Wildman–Crippen MR) is 77.5 cm³/mol. The molecule has 0 bridgehead atoms. The van der Waals surface area contributed by atoms with Gasteiger partial charge in [0.05, 0.1) is 18.8 Å². The van der Waals surface area contributed by atoms with Gasteiger partial charge in [-0.1, -0.05) is 12.8 Å². The molecule has 114 valence electrons. The number of carbonyl (C=O) groups is 1. The SMILES string of the molecule is CN1CCOC(CNC(=O)C2CC3CCCCC3N2)C1. The molecule has 0 aromatic carbocycles. The normalized spacial score (nSPS) is 38.5. The number of morpholine rings is 1. The highest BCUT2D eigenvalue weighted by atomic mass is 16.5. The Labute approximate surface area is 121 Å². The first kappa shape index (κ1) is 14.3. The number of rotatable bonds is 3. The van der Waals surface area contributed by atoms with Crippen LogP contribution in [0.15, 0.2) is 0 Å². The Morgan fingerprint density at radius 2 is 2.25 bits per heavy atom. The fraction of sp³-hybridized carbons (Fsp3) is 0.933. The molecule has 2 N–H and O–H groups in total. The fourth-order valence-electron chi connectivity index (χ4n) is 3.85. The molecule has 0 aromatic rings. The van der Waals surface area contributed by atoms with Crippen LogP contribution in [0, 0.1) is 5.92 Å². The molecule has 0 aromatic heterocycles. The second-order valence-corrected chi connectivity index (χ2v) is 6.61. The van der Waals surface area contributed by atoms with Gasteiger partial charge in [0.15, 0.2) is 0 Å². The summed E-state index contributed by atoms with van der Waals surface area (Å²) in [6, 6.07) is 0.598. The molecule has 1 saturated carbocycles. The van der Waals surface area contributed by atoms with Crippen LogP contribution in [0.25, 0.3) is 0 Å². The van der Waals surface area contributed by atoms with Crippen molar-refractivity contribution in [3.05, 3.63) is 0 Å². The minimum absolute atomic E-state index is 0.0180. The number of fused-ring (bicyclic) bond motifs is 1. The molecule has 4 unspecified atom stereocenters. The molecule has 0 spiro atoms. The van der Waals surface area contributed by atoms with Gasteiger partial charge in [0.25, 0.3) is 0 Å². The number of hydrogen-bond acceptors (Lipinski definition) is 4. The summed E-state index contributed by atoms with van der Waals surface area (Å²) >= 11 is 0. The van der Waals surface area contributed by atoms with E-state index in [0.717, 1.165) is 32.0 Å². The third-order valence-electron chi connectivity index (χ3n) is 5.03. The Morgan fingerprint density at radius 3 is 3.05 bits per heavy atom. The van der Waals surface area contributed by atoms with E-state index in [1.807, 2.05) is 0 Å². The van der Waals surface area contributed by atoms with Crippen molar-refractivity contribution in [2.24, 2.45) is 5.92 Å². The van der Waals surface area contributed by atoms with Gasteiger partial charge in [0, 0.05) is 25.7 Å². The molecule has 5 nitrogen and oxygen atoms in total. The highest BCUT2D eigenvalue weighted by Gasteiger charge is 2.38. The van der Waals surface area contributed by atoms with E-state index in [4.69, 9.17) is 4.74 Å². The van der Waals surface area contributed by atoms with E-state index < -0.39 is 0 Å². The molecule has 0 radical (unpaired) electrons. The monoisotopic (exact) mass is 281 g/mol. The second-order valence-electron chi connectivity index (χ2n) is 6.61. The third-order valence-corrected chi connectivity index (χ3v) is 5.03. The smallest absolute Gasteiger partial charge is 0.237 e. The maximum atomic E-state index is 12.3. The molecule has 4 atom stereocenters. The van der Waals surface area contributed by atoms with Gasteiger partial charge < -0.3 is 20.3 Å². The van der Waals surface area contributed by atoms with Gasteiger partial charge in [-0.2, -0.15) is 0 Å². The molecule has 2 aliphatic heterocycles. The summed E-state index contributed by atoms with van der Waals surface area (Å²) in [4.78, 5) is 14.5. The molecule has 3 aliphatic rings. The van der Waals surface area contributed by atoms with Crippen molar-refractivity contribution in [2.75, 3.05) is 33.3 Å². The number of ether oxygens (including phenoxy) is 1. The average Bonchev–Trinajstić information content (AvgIpc) is 2.89. The van der Waals surface area contributed by atoms with Crippen LogP contribution < -0.4 is 10.6 Å². The Hall–Kier alpha value is -0.650. The topological polar surface area (TPSA) is 53.6 Å². The highest BCUT2D eigenvalue weighted by Crippen LogP contribution is 2.33. The maximum absolute atomic E-state index is 12.3. The molecule has 5 heteroatoms. The molecule has 3 rings (SSSR count). The summed E-state index contributed by atoms with van der Waals surface area (Å²) < 4.78 is 5.68. The van der Waals surface area contributed by atoms with E-state index in [-0.39, 0.29) is 18.1 Å². The second kappa shape index (κ2) is 6.41. The number of nitrogens with one attached hydrogen (secondary N) is 2. The number of hydrogen-bond donors (Lipinski definition) is 2. The van der Waals surface area contributed by atoms with Gasteiger partial charge in [0.2, 0.25) is 5.91 Å². The number of carbonyl (C=O) groups excluding carboxylic acids is 1. The van der Waals surface area contributed by atoms with Crippen LogP contribution in [0.2, 0.25) is 0 Å². The summed E-state index contributed by atoms with van der Waals surface area (Å²) in [6.45, 7) is 3.29. The van der Waals surface area contributed by atoms with Crippen molar-refractivity contribution in [1.82, 2.24) is 15.5 Å². The minimum Gasteiger partial charge on any atom is -0.374 e. The molecule has 20 heavy (non-hydrogen) atoms. The van der Waals surface area contributed by atoms with Crippen molar-refractivity contribution in [2.45, 2.75) is 50.3 Å². The van der Waals surface area contributed by atoms with Gasteiger partial charge >= 0.3 is 0 Å². The molecule has 1 amide bonds. The van der Waals surface area contributed by atoms with E-state index in [1.165, 1.54) is 25.7 Å². The minimum atomic E-state index is 0.0180. The van der Waals surface area contributed by atoms with Crippen LogP contribution in [0.1, 0.15) is 32.1 Å². The number of likely N-dealkylation sites (N-methyl/N-ethyl adjacent to an activating group) is 1. The van der Waals surface area contributed by atoms with E-state index in [2.05, 4.69) is 22.6 Å². The summed E-state index contributed by atoms with van der Waals surface area (Å²) in [5.41, 5.74) is 0. The standard InChI is InChI=1S/C15H27N3O2/c1-18-6-7-20-12(10-18)9-16-15(19)14-8-11-4-2-3-5-13(11)17-14/h11-14,17H,2-10H2,1H3,(H,16,19). The third kappa shape index (κ3) is 3.32. The zero-order valence-corrected chi connectivity index (χ0v) is 12.4. The van der Waals surface area contributed by atoms with Crippen LogP contribution in [-0.4, -0.2) is 62.3 Å². The first-order chi connectivity index (χ1) is 9.72. The summed E-state index contributed by atoms with van der Waals surface area (Å²) in [6.07, 6.45) is 6.33. The Bertz CT molecular complexity index is 336. The van der Waals surface area contributed by atoms with Crippen molar-refractivity contribution in [3.63, 3.8) is 0 Å². The molecule has 1 aliphatic carbocycles. The quantitative estimate of drug-likeness (QED) is 0.784. The zero-order valence-electron chi connectivity index (χ0n) is 12.4. The van der Waals surface area contributed by atoms with Gasteiger partial charge in [-0.05, 0) is 32.2 Å². The van der Waals surface area contributed by atoms with E-state index in [9.17, 15) is 4.79 Å². The van der Waals surface area contributed by atoms with Crippen molar-refractivity contribution < 1.29 is 9.53 Å². The Kier molecular flexibility index (Phi) is 4.58. The lowest BCUT2D eigenvalue weighted by molar-refractivity contribution is -0.124. The van der Waals surface area contributed by atoms with Crippen LogP contribution in [0.4, 0.5) is 0 Å². The zero-order chi connectivity index (χ0) is 13.9. The van der Waals surface area contributed by atoms with Crippen molar-refractivity contribution in [3.8, 4) is 0 Å². The molecule has 3 fully saturated rings. The van der Waals surface area contributed by atoms with Crippen LogP contribution in [-0.2, 0) is 9.53 Å². The lowest BCUT2D eigenvalue weighted by Gasteiger charge is -2.30. The highest BCUT2D eigenvalue weighted by molar-refractivity contribution is 5.82. The first-order valence-corrected chi connectivity index (χ1v) is 8.06. The van der Waals surface area contributed by atoms with Crippen LogP contribution >= 0.6 is 0 Å². The van der Waals surface area contributed by atoms with Crippen LogP contribution in [0.3, 0.4) is 0 Å².